The Hall–Kier alpha value is -2.60. The molecule has 0 fully saturated rings. The van der Waals surface area contributed by atoms with Gasteiger partial charge in [0.1, 0.15) is 5.82 Å². The van der Waals surface area contributed by atoms with Gasteiger partial charge in [0.15, 0.2) is 5.16 Å². The summed E-state index contributed by atoms with van der Waals surface area (Å²) in [6.07, 6.45) is 0. The van der Waals surface area contributed by atoms with Gasteiger partial charge in [-0.3, -0.25) is 9.36 Å². The molecule has 0 atom stereocenters. The number of thioether (sulfide) groups is 1. The van der Waals surface area contributed by atoms with Crippen molar-refractivity contribution >= 4 is 23.4 Å². The Morgan fingerprint density at radius 3 is 2.52 bits per heavy atom. The molecule has 1 aromatic heterocycles. The molecule has 0 unspecified atom stereocenters. The molecule has 2 aromatic carbocycles. The van der Waals surface area contributed by atoms with Gasteiger partial charge in [0.05, 0.1) is 5.75 Å². The maximum absolute atomic E-state index is 12.2. The van der Waals surface area contributed by atoms with Crippen LogP contribution < -0.4 is 5.32 Å². The van der Waals surface area contributed by atoms with Gasteiger partial charge >= 0.3 is 0 Å². The standard InChI is InChI=1S/C19H20N4OS/c1-13-7-9-16(10-8-13)20-18(24)12-25-19-22-21-15(3)23(19)17-6-4-5-14(2)11-17/h4-11H,12H2,1-3H3,(H,20,24). The normalized spacial score (nSPS) is 10.7. The van der Waals surface area contributed by atoms with E-state index < -0.39 is 0 Å². The van der Waals surface area contributed by atoms with Crippen LogP contribution in [0.5, 0.6) is 0 Å². The van der Waals surface area contributed by atoms with E-state index in [1.807, 2.05) is 67.8 Å². The van der Waals surface area contributed by atoms with Crippen LogP contribution in [0.2, 0.25) is 0 Å². The Kier molecular flexibility index (Phi) is 5.19. The molecule has 0 saturated carbocycles. The summed E-state index contributed by atoms with van der Waals surface area (Å²) in [7, 11) is 0. The van der Waals surface area contributed by atoms with E-state index in [0.717, 1.165) is 22.8 Å². The summed E-state index contributed by atoms with van der Waals surface area (Å²) in [6.45, 7) is 5.97. The number of aromatic nitrogens is 3. The average Bonchev–Trinajstić information content (AvgIpc) is 2.96. The lowest BCUT2D eigenvalue weighted by Gasteiger charge is -2.09. The zero-order chi connectivity index (χ0) is 17.8. The topological polar surface area (TPSA) is 59.8 Å². The second-order valence-electron chi connectivity index (χ2n) is 5.91. The highest BCUT2D eigenvalue weighted by atomic mass is 32.2. The lowest BCUT2D eigenvalue weighted by molar-refractivity contribution is -0.113. The van der Waals surface area contributed by atoms with Crippen LogP contribution in [0.4, 0.5) is 5.69 Å². The van der Waals surface area contributed by atoms with E-state index in [0.29, 0.717) is 5.16 Å². The summed E-state index contributed by atoms with van der Waals surface area (Å²) >= 11 is 1.38. The molecule has 3 rings (SSSR count). The van der Waals surface area contributed by atoms with Crippen LogP contribution in [0.15, 0.2) is 53.7 Å². The van der Waals surface area contributed by atoms with Gasteiger partial charge < -0.3 is 5.32 Å². The first-order chi connectivity index (χ1) is 12.0. The summed E-state index contributed by atoms with van der Waals surface area (Å²) in [4.78, 5) is 12.2. The Balaban J connectivity index is 1.69. The first-order valence-electron chi connectivity index (χ1n) is 8.01. The summed E-state index contributed by atoms with van der Waals surface area (Å²) < 4.78 is 1.97. The van der Waals surface area contributed by atoms with Crippen LogP contribution in [-0.2, 0) is 4.79 Å². The molecular formula is C19H20N4OS. The number of nitrogens with one attached hydrogen (secondary N) is 1. The third-order valence-corrected chi connectivity index (χ3v) is 4.65. The third kappa shape index (κ3) is 4.28. The van der Waals surface area contributed by atoms with E-state index in [1.165, 1.54) is 17.3 Å². The van der Waals surface area contributed by atoms with Crippen molar-refractivity contribution in [3.8, 4) is 5.69 Å². The fourth-order valence-corrected chi connectivity index (χ4v) is 3.26. The second kappa shape index (κ2) is 7.53. The summed E-state index contributed by atoms with van der Waals surface area (Å²) in [5.41, 5.74) is 4.13. The first-order valence-corrected chi connectivity index (χ1v) is 9.00. The maximum atomic E-state index is 12.2. The van der Waals surface area contributed by atoms with E-state index >= 15 is 0 Å². The highest BCUT2D eigenvalue weighted by molar-refractivity contribution is 7.99. The summed E-state index contributed by atoms with van der Waals surface area (Å²) in [5.74, 6) is 1.01. The fraction of sp³-hybridized carbons (Fsp3) is 0.211. The SMILES string of the molecule is Cc1ccc(NC(=O)CSc2nnc(C)n2-c2cccc(C)c2)cc1. The van der Waals surface area contributed by atoms with Gasteiger partial charge in [-0.2, -0.15) is 0 Å². The van der Waals surface area contributed by atoms with E-state index in [2.05, 4.69) is 21.6 Å². The van der Waals surface area contributed by atoms with Crippen molar-refractivity contribution in [3.63, 3.8) is 0 Å². The van der Waals surface area contributed by atoms with Crippen molar-refractivity contribution in [3.05, 3.63) is 65.5 Å². The third-order valence-electron chi connectivity index (χ3n) is 3.72. The van der Waals surface area contributed by atoms with Gasteiger partial charge in [0.25, 0.3) is 0 Å². The first kappa shape index (κ1) is 17.2. The summed E-state index contributed by atoms with van der Waals surface area (Å²) in [6, 6.07) is 15.9. The van der Waals surface area contributed by atoms with Crippen molar-refractivity contribution in [2.75, 3.05) is 11.1 Å². The number of hydrogen-bond acceptors (Lipinski definition) is 4. The molecule has 0 bridgehead atoms. The lowest BCUT2D eigenvalue weighted by Crippen LogP contribution is -2.14. The van der Waals surface area contributed by atoms with Crippen LogP contribution in [0.3, 0.4) is 0 Å². The smallest absolute Gasteiger partial charge is 0.234 e. The van der Waals surface area contributed by atoms with Crippen molar-refractivity contribution in [2.45, 2.75) is 25.9 Å². The van der Waals surface area contributed by atoms with E-state index in [9.17, 15) is 4.79 Å². The average molecular weight is 352 g/mol. The molecule has 0 radical (unpaired) electrons. The molecule has 6 heteroatoms. The minimum atomic E-state index is -0.0645. The van der Waals surface area contributed by atoms with Crippen molar-refractivity contribution in [2.24, 2.45) is 0 Å². The van der Waals surface area contributed by atoms with Gasteiger partial charge in [-0.1, -0.05) is 41.6 Å². The van der Waals surface area contributed by atoms with Crippen LogP contribution in [-0.4, -0.2) is 26.4 Å². The number of rotatable bonds is 5. The zero-order valence-electron chi connectivity index (χ0n) is 14.5. The fourth-order valence-electron chi connectivity index (χ4n) is 2.46. The number of amides is 1. The van der Waals surface area contributed by atoms with Crippen LogP contribution in [0.1, 0.15) is 17.0 Å². The minimum absolute atomic E-state index is 0.0645. The monoisotopic (exact) mass is 352 g/mol. The molecule has 1 amide bonds. The van der Waals surface area contributed by atoms with Crippen LogP contribution in [0, 0.1) is 20.8 Å². The highest BCUT2D eigenvalue weighted by Gasteiger charge is 2.13. The van der Waals surface area contributed by atoms with Gasteiger partial charge in [-0.15, -0.1) is 10.2 Å². The maximum Gasteiger partial charge on any atom is 0.234 e. The molecule has 0 aliphatic carbocycles. The Morgan fingerprint density at radius 1 is 1.04 bits per heavy atom. The molecule has 1 N–H and O–H groups in total. The van der Waals surface area contributed by atoms with Crippen LogP contribution >= 0.6 is 11.8 Å². The number of nitrogens with zero attached hydrogens (tertiary/aromatic N) is 3. The molecule has 3 aromatic rings. The van der Waals surface area contributed by atoms with Crippen molar-refractivity contribution < 1.29 is 4.79 Å². The summed E-state index contributed by atoms with van der Waals surface area (Å²) in [5, 5.41) is 12.0. The van der Waals surface area contributed by atoms with E-state index in [-0.39, 0.29) is 11.7 Å². The number of anilines is 1. The number of hydrogen-bond donors (Lipinski definition) is 1. The van der Waals surface area contributed by atoms with E-state index in [1.54, 1.807) is 0 Å². The number of aryl methyl sites for hydroxylation is 3. The predicted octanol–water partition coefficient (Wildman–Crippen LogP) is 3.92. The Morgan fingerprint density at radius 2 is 1.80 bits per heavy atom. The number of carbonyl (C=O) groups is 1. The molecule has 5 nitrogen and oxygen atoms in total. The molecule has 0 saturated heterocycles. The molecular weight excluding hydrogens is 332 g/mol. The minimum Gasteiger partial charge on any atom is -0.325 e. The number of carbonyl (C=O) groups excluding carboxylic acids is 1. The highest BCUT2D eigenvalue weighted by Crippen LogP contribution is 2.22. The van der Waals surface area contributed by atoms with E-state index in [4.69, 9.17) is 0 Å². The molecule has 0 aliphatic heterocycles. The quantitative estimate of drug-likeness (QED) is 0.707. The molecule has 0 aliphatic rings. The van der Waals surface area contributed by atoms with Crippen LogP contribution in [0.25, 0.3) is 5.69 Å². The van der Waals surface area contributed by atoms with Gasteiger partial charge in [0.2, 0.25) is 5.91 Å². The zero-order valence-corrected chi connectivity index (χ0v) is 15.3. The predicted molar refractivity (Wildman–Crippen MR) is 101 cm³/mol. The lowest BCUT2D eigenvalue weighted by atomic mass is 10.2. The Labute approximate surface area is 151 Å². The van der Waals surface area contributed by atoms with Gasteiger partial charge in [-0.25, -0.2) is 0 Å². The van der Waals surface area contributed by atoms with Gasteiger partial charge in [-0.05, 0) is 50.6 Å². The molecule has 0 spiro atoms. The largest absolute Gasteiger partial charge is 0.325 e. The van der Waals surface area contributed by atoms with Crippen molar-refractivity contribution in [1.82, 2.24) is 14.8 Å². The molecule has 128 valence electrons. The van der Waals surface area contributed by atoms with Gasteiger partial charge in [0, 0.05) is 11.4 Å². The number of benzene rings is 2. The molecule has 1 heterocycles. The Bertz CT molecular complexity index is 887. The second-order valence-corrected chi connectivity index (χ2v) is 6.85. The molecule has 25 heavy (non-hydrogen) atoms. The van der Waals surface area contributed by atoms with Crippen molar-refractivity contribution in [1.29, 1.82) is 0 Å².